The highest BCUT2D eigenvalue weighted by Crippen LogP contribution is 2.23. The minimum absolute atomic E-state index is 0.0829. The maximum absolute atomic E-state index is 12.1. The summed E-state index contributed by atoms with van der Waals surface area (Å²) in [6.45, 7) is 0.807. The molecular formula is C14H23ClN4O2. The van der Waals surface area contributed by atoms with Gasteiger partial charge in [-0.1, -0.05) is 30.9 Å². The van der Waals surface area contributed by atoms with E-state index in [0.29, 0.717) is 18.8 Å². The highest BCUT2D eigenvalue weighted by atomic mass is 35.5. The predicted octanol–water partition coefficient (Wildman–Crippen LogP) is 1.61. The fraction of sp³-hybridized carbons (Fsp3) is 0.714. The number of methoxy groups -OCH3 is 1. The second kappa shape index (κ2) is 7.77. The Labute approximate surface area is 129 Å². The Balaban J connectivity index is 2.13. The van der Waals surface area contributed by atoms with Crippen LogP contribution >= 0.6 is 11.6 Å². The van der Waals surface area contributed by atoms with Crippen molar-refractivity contribution in [2.24, 2.45) is 5.73 Å². The van der Waals surface area contributed by atoms with Crippen LogP contribution in [0.4, 0.5) is 5.69 Å². The zero-order valence-electron chi connectivity index (χ0n) is 12.3. The quantitative estimate of drug-likeness (QED) is 0.807. The lowest BCUT2D eigenvalue weighted by Crippen LogP contribution is -2.40. The van der Waals surface area contributed by atoms with E-state index in [1.165, 1.54) is 11.1 Å². The monoisotopic (exact) mass is 314 g/mol. The maximum Gasteiger partial charge on any atom is 0.287 e. The molecule has 2 unspecified atom stereocenters. The maximum atomic E-state index is 12.1. The van der Waals surface area contributed by atoms with Crippen molar-refractivity contribution in [1.82, 2.24) is 9.78 Å². The van der Waals surface area contributed by atoms with Gasteiger partial charge >= 0.3 is 0 Å². The van der Waals surface area contributed by atoms with Crippen LogP contribution in [0.5, 0.6) is 0 Å². The van der Waals surface area contributed by atoms with Crippen molar-refractivity contribution in [1.29, 1.82) is 0 Å². The molecule has 21 heavy (non-hydrogen) atoms. The van der Waals surface area contributed by atoms with Crippen LogP contribution in [0.2, 0.25) is 5.02 Å². The van der Waals surface area contributed by atoms with Crippen LogP contribution in [0.3, 0.4) is 0 Å². The van der Waals surface area contributed by atoms with Gasteiger partial charge in [0.15, 0.2) is 0 Å². The van der Waals surface area contributed by atoms with E-state index in [2.05, 4.69) is 10.4 Å². The third-order valence-corrected chi connectivity index (χ3v) is 4.27. The van der Waals surface area contributed by atoms with Crippen LogP contribution in [0.15, 0.2) is 11.0 Å². The molecule has 1 aromatic heterocycles. The molecule has 1 aliphatic rings. The Morgan fingerprint density at radius 2 is 2.24 bits per heavy atom. The molecule has 2 rings (SSSR count). The van der Waals surface area contributed by atoms with Gasteiger partial charge < -0.3 is 15.8 Å². The summed E-state index contributed by atoms with van der Waals surface area (Å²) in [5.74, 6) is 0. The Morgan fingerprint density at radius 3 is 3.00 bits per heavy atom. The van der Waals surface area contributed by atoms with Crippen molar-refractivity contribution in [3.8, 4) is 0 Å². The lowest BCUT2D eigenvalue weighted by Gasteiger charge is -2.24. The fourth-order valence-electron chi connectivity index (χ4n) is 2.62. The van der Waals surface area contributed by atoms with Crippen molar-refractivity contribution in [2.75, 3.05) is 19.0 Å². The second-order valence-corrected chi connectivity index (χ2v) is 5.82. The number of halogens is 1. The normalized spacial score (nSPS) is 22.8. The zero-order valence-corrected chi connectivity index (χ0v) is 13.1. The van der Waals surface area contributed by atoms with Gasteiger partial charge in [-0.05, 0) is 12.8 Å². The summed E-state index contributed by atoms with van der Waals surface area (Å²) in [6.07, 6.45) is 7.08. The molecule has 0 saturated heterocycles. The molecule has 6 nitrogen and oxygen atoms in total. The van der Waals surface area contributed by atoms with Gasteiger partial charge in [-0.25, -0.2) is 4.68 Å². The molecule has 1 aliphatic carbocycles. The standard InChI is InChI=1S/C14H23ClN4O2/c1-21-8-7-19-14(20)13(15)12(9-17-19)18-11-6-4-2-3-5-10(11)16/h9-11,18H,2-8,16H2,1H3. The molecular weight excluding hydrogens is 292 g/mol. The summed E-state index contributed by atoms with van der Waals surface area (Å²) in [5.41, 5.74) is 6.45. The molecule has 2 atom stereocenters. The Kier molecular flexibility index (Phi) is 6.02. The van der Waals surface area contributed by atoms with Crippen molar-refractivity contribution < 1.29 is 4.74 Å². The van der Waals surface area contributed by atoms with Crippen molar-refractivity contribution in [2.45, 2.75) is 50.7 Å². The predicted molar refractivity (Wildman–Crippen MR) is 83.9 cm³/mol. The minimum atomic E-state index is -0.305. The number of anilines is 1. The number of nitrogens with one attached hydrogen (secondary N) is 1. The second-order valence-electron chi connectivity index (χ2n) is 5.45. The third kappa shape index (κ3) is 4.18. The van der Waals surface area contributed by atoms with E-state index in [4.69, 9.17) is 22.1 Å². The topological polar surface area (TPSA) is 82.2 Å². The fourth-order valence-corrected chi connectivity index (χ4v) is 2.82. The summed E-state index contributed by atoms with van der Waals surface area (Å²) >= 11 is 6.17. The van der Waals surface area contributed by atoms with Crippen LogP contribution in [-0.4, -0.2) is 35.6 Å². The van der Waals surface area contributed by atoms with Crippen LogP contribution in [0, 0.1) is 0 Å². The van der Waals surface area contributed by atoms with Gasteiger partial charge in [-0.2, -0.15) is 5.10 Å². The van der Waals surface area contributed by atoms with Crippen LogP contribution in [0.1, 0.15) is 32.1 Å². The molecule has 1 aromatic rings. The lowest BCUT2D eigenvalue weighted by atomic mass is 10.0. The lowest BCUT2D eigenvalue weighted by molar-refractivity contribution is 0.182. The molecule has 0 bridgehead atoms. The van der Waals surface area contributed by atoms with Gasteiger partial charge in [0.05, 0.1) is 25.0 Å². The van der Waals surface area contributed by atoms with E-state index in [0.717, 1.165) is 25.7 Å². The Morgan fingerprint density at radius 1 is 1.48 bits per heavy atom. The largest absolute Gasteiger partial charge is 0.383 e. The third-order valence-electron chi connectivity index (χ3n) is 3.90. The zero-order chi connectivity index (χ0) is 15.2. The van der Waals surface area contributed by atoms with Gasteiger partial charge in [0.25, 0.3) is 5.56 Å². The average molecular weight is 315 g/mol. The first-order valence-corrected chi connectivity index (χ1v) is 7.78. The van der Waals surface area contributed by atoms with E-state index in [1.54, 1.807) is 13.3 Å². The van der Waals surface area contributed by atoms with Crippen molar-refractivity contribution in [3.05, 3.63) is 21.6 Å². The number of ether oxygens (including phenoxy) is 1. The Hall–Kier alpha value is -1.11. The molecule has 0 amide bonds. The smallest absolute Gasteiger partial charge is 0.287 e. The molecule has 0 aliphatic heterocycles. The molecule has 1 saturated carbocycles. The van der Waals surface area contributed by atoms with Gasteiger partial charge in [0.2, 0.25) is 0 Å². The highest BCUT2D eigenvalue weighted by Gasteiger charge is 2.21. The first-order chi connectivity index (χ1) is 10.1. The molecule has 1 fully saturated rings. The number of rotatable bonds is 5. The molecule has 0 aromatic carbocycles. The van der Waals surface area contributed by atoms with Crippen molar-refractivity contribution in [3.63, 3.8) is 0 Å². The highest BCUT2D eigenvalue weighted by molar-refractivity contribution is 6.32. The first-order valence-electron chi connectivity index (χ1n) is 7.40. The van der Waals surface area contributed by atoms with E-state index < -0.39 is 0 Å². The van der Waals surface area contributed by atoms with Crippen LogP contribution in [-0.2, 0) is 11.3 Å². The first kappa shape index (κ1) is 16.3. The number of hydrogen-bond acceptors (Lipinski definition) is 5. The van der Waals surface area contributed by atoms with E-state index in [9.17, 15) is 4.79 Å². The average Bonchev–Trinajstić information content (AvgIpc) is 2.68. The van der Waals surface area contributed by atoms with Crippen LogP contribution in [0.25, 0.3) is 0 Å². The molecule has 1 heterocycles. The minimum Gasteiger partial charge on any atom is -0.383 e. The van der Waals surface area contributed by atoms with Crippen molar-refractivity contribution >= 4 is 17.3 Å². The number of nitrogens with two attached hydrogens (primary N) is 1. The number of hydrogen-bond donors (Lipinski definition) is 2. The van der Waals surface area contributed by atoms with Gasteiger partial charge in [-0.3, -0.25) is 4.79 Å². The number of nitrogens with zero attached hydrogens (tertiary/aromatic N) is 2. The Bertz CT molecular complexity index is 520. The van der Waals surface area contributed by atoms with Gasteiger partial charge in [0, 0.05) is 19.2 Å². The molecule has 0 spiro atoms. The van der Waals surface area contributed by atoms with Gasteiger partial charge in [-0.15, -0.1) is 0 Å². The van der Waals surface area contributed by atoms with E-state index >= 15 is 0 Å². The summed E-state index contributed by atoms with van der Waals surface area (Å²) in [4.78, 5) is 12.1. The summed E-state index contributed by atoms with van der Waals surface area (Å²) in [7, 11) is 1.58. The molecule has 118 valence electrons. The van der Waals surface area contributed by atoms with E-state index in [1.807, 2.05) is 0 Å². The van der Waals surface area contributed by atoms with E-state index in [-0.39, 0.29) is 22.7 Å². The number of aromatic nitrogens is 2. The summed E-state index contributed by atoms with van der Waals surface area (Å²) in [6, 6.07) is 0.223. The van der Waals surface area contributed by atoms with Crippen LogP contribution < -0.4 is 16.6 Å². The SMILES string of the molecule is COCCn1ncc(NC2CCCCCC2N)c(Cl)c1=O. The summed E-state index contributed by atoms with van der Waals surface area (Å²) < 4.78 is 6.25. The molecule has 3 N–H and O–H groups in total. The van der Waals surface area contributed by atoms with Gasteiger partial charge in [0.1, 0.15) is 5.02 Å². The summed E-state index contributed by atoms with van der Waals surface area (Å²) in [5, 5.41) is 7.59. The molecule has 7 heteroatoms. The molecule has 0 radical (unpaired) electrons.